The molecule has 5 rings (SSSR count). The second-order valence-corrected chi connectivity index (χ2v) is 7.69. The fourth-order valence-electron chi connectivity index (χ4n) is 4.00. The van der Waals surface area contributed by atoms with E-state index in [9.17, 15) is 9.18 Å². The van der Waals surface area contributed by atoms with Crippen LogP contribution in [0.1, 0.15) is 28.8 Å². The van der Waals surface area contributed by atoms with Crippen LogP contribution in [0.25, 0.3) is 16.7 Å². The molecule has 0 radical (unpaired) electrons. The molecular weight excluding hydrogens is 417 g/mol. The monoisotopic (exact) mass is 439 g/mol. The number of para-hydroxylation sites is 1. The van der Waals surface area contributed by atoms with Gasteiger partial charge in [-0.15, -0.1) is 0 Å². The third kappa shape index (κ3) is 4.13. The van der Waals surface area contributed by atoms with Gasteiger partial charge in [0, 0.05) is 30.4 Å². The number of imidazole rings is 1. The smallest absolute Gasteiger partial charge is 0.255 e. The molecule has 0 aliphatic rings. The lowest BCUT2D eigenvalue weighted by molar-refractivity contribution is 0.102. The predicted octanol–water partition coefficient (Wildman–Crippen LogP) is 5.22. The summed E-state index contributed by atoms with van der Waals surface area (Å²) in [5.41, 5.74) is 4.56. The first-order valence-electron chi connectivity index (χ1n) is 10.8. The number of rotatable bonds is 6. The van der Waals surface area contributed by atoms with E-state index in [-0.39, 0.29) is 11.7 Å². The molecule has 0 saturated heterocycles. The van der Waals surface area contributed by atoms with Crippen LogP contribution in [0.4, 0.5) is 10.1 Å². The fraction of sp³-hybridized carbons (Fsp3) is 0.115. The Labute approximate surface area is 190 Å². The van der Waals surface area contributed by atoms with E-state index in [0.717, 1.165) is 34.8 Å². The summed E-state index contributed by atoms with van der Waals surface area (Å²) in [6.45, 7) is 2.79. The van der Waals surface area contributed by atoms with E-state index in [1.54, 1.807) is 16.9 Å². The molecule has 0 bridgehead atoms. The van der Waals surface area contributed by atoms with E-state index < -0.39 is 0 Å². The standard InChI is InChI=1S/C26H22FN5O/c1-2-31-24-12-11-18(26(33)29-20-8-4-3-5-9-20)15-23(24)30-25(31)17-22-13-14-28-32(22)21-10-6-7-19(27)16-21/h3-16H,2,17H2,1H3,(H,29,33). The van der Waals surface area contributed by atoms with Crippen LogP contribution in [0.15, 0.2) is 85.1 Å². The van der Waals surface area contributed by atoms with Gasteiger partial charge in [0.05, 0.1) is 22.4 Å². The van der Waals surface area contributed by atoms with Crippen LogP contribution in [0.5, 0.6) is 0 Å². The Morgan fingerprint density at radius 3 is 2.64 bits per heavy atom. The number of hydrogen-bond donors (Lipinski definition) is 1. The molecule has 2 aromatic heterocycles. The van der Waals surface area contributed by atoms with Crippen LogP contribution < -0.4 is 5.32 Å². The molecule has 0 saturated carbocycles. The molecular formula is C26H22FN5O. The largest absolute Gasteiger partial charge is 0.328 e. The first kappa shape index (κ1) is 20.6. The number of nitrogens with zero attached hydrogens (tertiary/aromatic N) is 4. The van der Waals surface area contributed by atoms with Crippen molar-refractivity contribution in [2.45, 2.75) is 19.9 Å². The average molecular weight is 439 g/mol. The lowest BCUT2D eigenvalue weighted by Gasteiger charge is -2.09. The number of carbonyl (C=O) groups is 1. The SMILES string of the molecule is CCn1c(Cc2ccnn2-c2cccc(F)c2)nc2cc(C(=O)Nc3ccccc3)ccc21. The minimum atomic E-state index is -0.309. The zero-order valence-corrected chi connectivity index (χ0v) is 18.1. The van der Waals surface area contributed by atoms with Gasteiger partial charge in [-0.1, -0.05) is 24.3 Å². The van der Waals surface area contributed by atoms with Crippen molar-refractivity contribution in [3.63, 3.8) is 0 Å². The second-order valence-electron chi connectivity index (χ2n) is 7.69. The van der Waals surface area contributed by atoms with Crippen molar-refractivity contribution >= 4 is 22.6 Å². The summed E-state index contributed by atoms with van der Waals surface area (Å²) in [6, 6.07) is 23.2. The van der Waals surface area contributed by atoms with Gasteiger partial charge in [0.2, 0.25) is 0 Å². The second kappa shape index (κ2) is 8.70. The van der Waals surface area contributed by atoms with Crippen LogP contribution >= 0.6 is 0 Å². The topological polar surface area (TPSA) is 64.7 Å². The third-order valence-corrected chi connectivity index (χ3v) is 5.55. The average Bonchev–Trinajstić information content (AvgIpc) is 3.43. The highest BCUT2D eigenvalue weighted by atomic mass is 19.1. The number of anilines is 1. The molecule has 0 atom stereocenters. The van der Waals surface area contributed by atoms with Crippen LogP contribution in [0.2, 0.25) is 0 Å². The highest BCUT2D eigenvalue weighted by Crippen LogP contribution is 2.22. The van der Waals surface area contributed by atoms with Gasteiger partial charge in [0.25, 0.3) is 5.91 Å². The van der Waals surface area contributed by atoms with Gasteiger partial charge in [-0.3, -0.25) is 4.79 Å². The van der Waals surface area contributed by atoms with E-state index in [1.165, 1.54) is 12.1 Å². The van der Waals surface area contributed by atoms with Gasteiger partial charge in [-0.25, -0.2) is 14.1 Å². The van der Waals surface area contributed by atoms with Crippen molar-refractivity contribution in [1.82, 2.24) is 19.3 Å². The van der Waals surface area contributed by atoms with Crippen LogP contribution in [-0.2, 0) is 13.0 Å². The summed E-state index contributed by atoms with van der Waals surface area (Å²) in [5.74, 6) is 0.363. The molecule has 164 valence electrons. The van der Waals surface area contributed by atoms with Gasteiger partial charge < -0.3 is 9.88 Å². The maximum Gasteiger partial charge on any atom is 0.255 e. The number of carbonyl (C=O) groups excluding carboxylic acids is 1. The molecule has 1 amide bonds. The molecule has 0 spiro atoms. The number of aryl methyl sites for hydroxylation is 1. The summed E-state index contributed by atoms with van der Waals surface area (Å²) in [4.78, 5) is 17.5. The fourth-order valence-corrected chi connectivity index (χ4v) is 4.00. The first-order valence-corrected chi connectivity index (χ1v) is 10.8. The molecule has 2 heterocycles. The Morgan fingerprint density at radius 1 is 1.00 bits per heavy atom. The highest BCUT2D eigenvalue weighted by molar-refractivity contribution is 6.05. The van der Waals surface area contributed by atoms with Gasteiger partial charge in [0.15, 0.2) is 0 Å². The molecule has 1 N–H and O–H groups in total. The minimum absolute atomic E-state index is 0.181. The van der Waals surface area contributed by atoms with Crippen LogP contribution in [0.3, 0.4) is 0 Å². The summed E-state index contributed by atoms with van der Waals surface area (Å²) >= 11 is 0. The van der Waals surface area contributed by atoms with Crippen molar-refractivity contribution in [2.24, 2.45) is 0 Å². The molecule has 5 aromatic rings. The number of amides is 1. The number of benzene rings is 3. The molecule has 0 unspecified atom stereocenters. The quantitative estimate of drug-likeness (QED) is 0.394. The van der Waals surface area contributed by atoms with E-state index in [1.807, 2.05) is 60.7 Å². The molecule has 6 nitrogen and oxygen atoms in total. The number of aromatic nitrogens is 4. The molecule has 33 heavy (non-hydrogen) atoms. The van der Waals surface area contributed by atoms with Crippen molar-refractivity contribution in [2.75, 3.05) is 5.32 Å². The number of fused-ring (bicyclic) bond motifs is 1. The summed E-state index contributed by atoms with van der Waals surface area (Å²) < 4.78 is 17.6. The van der Waals surface area contributed by atoms with E-state index >= 15 is 0 Å². The predicted molar refractivity (Wildman–Crippen MR) is 126 cm³/mol. The molecule has 0 aliphatic heterocycles. The Kier molecular flexibility index (Phi) is 5.44. The molecule has 0 aliphatic carbocycles. The van der Waals surface area contributed by atoms with E-state index in [2.05, 4.69) is 21.9 Å². The molecule has 7 heteroatoms. The lowest BCUT2D eigenvalue weighted by Crippen LogP contribution is -2.11. The Balaban J connectivity index is 1.46. The Hall–Kier alpha value is -4.26. The third-order valence-electron chi connectivity index (χ3n) is 5.55. The Bertz CT molecular complexity index is 1440. The summed E-state index contributed by atoms with van der Waals surface area (Å²) in [7, 11) is 0. The maximum absolute atomic E-state index is 13.7. The number of halogens is 1. The van der Waals surface area contributed by atoms with Gasteiger partial charge in [-0.2, -0.15) is 5.10 Å². The zero-order chi connectivity index (χ0) is 22.8. The number of nitrogens with one attached hydrogen (secondary N) is 1. The maximum atomic E-state index is 13.7. The van der Waals surface area contributed by atoms with Crippen molar-refractivity contribution in [3.8, 4) is 5.69 Å². The lowest BCUT2D eigenvalue weighted by atomic mass is 10.2. The summed E-state index contributed by atoms with van der Waals surface area (Å²) in [5, 5.41) is 7.28. The van der Waals surface area contributed by atoms with Crippen LogP contribution in [-0.4, -0.2) is 25.2 Å². The normalized spacial score (nSPS) is 11.1. The zero-order valence-electron chi connectivity index (χ0n) is 18.1. The van der Waals surface area contributed by atoms with E-state index in [0.29, 0.717) is 17.7 Å². The summed E-state index contributed by atoms with van der Waals surface area (Å²) in [6.07, 6.45) is 2.22. The van der Waals surface area contributed by atoms with Gasteiger partial charge >= 0.3 is 0 Å². The molecule has 3 aromatic carbocycles. The van der Waals surface area contributed by atoms with Crippen LogP contribution in [0, 0.1) is 5.82 Å². The van der Waals surface area contributed by atoms with Gasteiger partial charge in [-0.05, 0) is 61.5 Å². The minimum Gasteiger partial charge on any atom is -0.328 e. The first-order chi connectivity index (χ1) is 16.1. The van der Waals surface area contributed by atoms with Crippen molar-refractivity contribution < 1.29 is 9.18 Å². The van der Waals surface area contributed by atoms with Crippen molar-refractivity contribution in [3.05, 3.63) is 108 Å². The highest BCUT2D eigenvalue weighted by Gasteiger charge is 2.16. The van der Waals surface area contributed by atoms with Gasteiger partial charge in [0.1, 0.15) is 11.6 Å². The van der Waals surface area contributed by atoms with Crippen molar-refractivity contribution in [1.29, 1.82) is 0 Å². The van der Waals surface area contributed by atoms with E-state index in [4.69, 9.17) is 4.98 Å². The molecule has 0 fully saturated rings. The Morgan fingerprint density at radius 2 is 1.85 bits per heavy atom. The number of hydrogen-bond acceptors (Lipinski definition) is 3.